The number of rotatable bonds is 7. The first-order valence-corrected chi connectivity index (χ1v) is 5.16. The van der Waals surface area contributed by atoms with Gasteiger partial charge in [0.05, 0.1) is 6.61 Å². The predicted octanol–water partition coefficient (Wildman–Crippen LogP) is 2.42. The fraction of sp³-hybridized carbons (Fsp3) is 0.545. The van der Waals surface area contributed by atoms with Crippen molar-refractivity contribution in [2.24, 2.45) is 0 Å². The normalized spacial score (nSPS) is 10.3. The zero-order valence-electron chi connectivity index (χ0n) is 8.91. The molecule has 0 N–H and O–H groups in total. The minimum atomic E-state index is -0.528. The number of ether oxygens (including phenoxy) is 2. The van der Waals surface area contributed by atoms with E-state index in [0.29, 0.717) is 19.1 Å². The van der Waals surface area contributed by atoms with E-state index in [9.17, 15) is 4.39 Å². The first-order chi connectivity index (χ1) is 7.33. The van der Waals surface area contributed by atoms with Crippen molar-refractivity contribution in [3.05, 3.63) is 24.1 Å². The Bertz CT molecular complexity index is 281. The van der Waals surface area contributed by atoms with E-state index in [2.05, 4.69) is 11.9 Å². The largest absolute Gasteiger partial charge is 0.475 e. The van der Waals surface area contributed by atoms with Crippen LogP contribution >= 0.6 is 0 Å². The maximum Gasteiger partial charge on any atom is 0.216 e. The molecular formula is C11H16FNO2. The Morgan fingerprint density at radius 2 is 2.13 bits per heavy atom. The molecule has 15 heavy (non-hydrogen) atoms. The van der Waals surface area contributed by atoms with Gasteiger partial charge in [0.25, 0.3) is 0 Å². The average Bonchev–Trinajstić information content (AvgIpc) is 2.23. The molecule has 1 heterocycles. The van der Waals surface area contributed by atoms with Crippen molar-refractivity contribution in [1.82, 2.24) is 4.98 Å². The molecule has 0 aliphatic heterocycles. The SMILES string of the molecule is CCCCOCCOc1cccc(F)n1. The van der Waals surface area contributed by atoms with Gasteiger partial charge in [0, 0.05) is 12.7 Å². The van der Waals surface area contributed by atoms with Crippen LogP contribution in [0.15, 0.2) is 18.2 Å². The molecule has 0 unspecified atom stereocenters. The molecule has 1 aromatic heterocycles. The number of nitrogens with zero attached hydrogens (tertiary/aromatic N) is 1. The summed E-state index contributed by atoms with van der Waals surface area (Å²) < 4.78 is 23.1. The lowest BCUT2D eigenvalue weighted by molar-refractivity contribution is 0.0962. The lowest BCUT2D eigenvalue weighted by atomic mass is 10.4. The van der Waals surface area contributed by atoms with Crippen LogP contribution in [0.3, 0.4) is 0 Å². The third-order valence-corrected chi connectivity index (χ3v) is 1.81. The smallest absolute Gasteiger partial charge is 0.216 e. The van der Waals surface area contributed by atoms with Crippen molar-refractivity contribution in [3.63, 3.8) is 0 Å². The van der Waals surface area contributed by atoms with Crippen molar-refractivity contribution in [1.29, 1.82) is 0 Å². The summed E-state index contributed by atoms with van der Waals surface area (Å²) in [5.41, 5.74) is 0. The standard InChI is InChI=1S/C11H16FNO2/c1-2-3-7-14-8-9-15-11-6-4-5-10(12)13-11/h4-6H,2-3,7-9H2,1H3. The van der Waals surface area contributed by atoms with Crippen LogP contribution in [0.1, 0.15) is 19.8 Å². The van der Waals surface area contributed by atoms with Crippen LogP contribution in [0.4, 0.5) is 4.39 Å². The highest BCUT2D eigenvalue weighted by molar-refractivity contribution is 5.10. The highest BCUT2D eigenvalue weighted by atomic mass is 19.1. The molecule has 84 valence electrons. The molecule has 0 amide bonds. The molecule has 0 aliphatic carbocycles. The van der Waals surface area contributed by atoms with E-state index < -0.39 is 5.95 Å². The molecule has 0 aromatic carbocycles. The zero-order chi connectivity index (χ0) is 10.9. The molecule has 3 nitrogen and oxygen atoms in total. The number of hydrogen-bond donors (Lipinski definition) is 0. The van der Waals surface area contributed by atoms with E-state index in [-0.39, 0.29) is 0 Å². The third-order valence-electron chi connectivity index (χ3n) is 1.81. The molecule has 4 heteroatoms. The molecule has 0 bridgehead atoms. The van der Waals surface area contributed by atoms with Gasteiger partial charge >= 0.3 is 0 Å². The maximum atomic E-state index is 12.6. The summed E-state index contributed by atoms with van der Waals surface area (Å²) in [5, 5.41) is 0. The molecule has 0 aliphatic rings. The summed E-state index contributed by atoms with van der Waals surface area (Å²) in [6.07, 6.45) is 2.17. The van der Waals surface area contributed by atoms with E-state index in [1.807, 2.05) is 0 Å². The van der Waals surface area contributed by atoms with Crippen molar-refractivity contribution < 1.29 is 13.9 Å². The van der Waals surface area contributed by atoms with Gasteiger partial charge in [0.2, 0.25) is 11.8 Å². The van der Waals surface area contributed by atoms with Gasteiger partial charge < -0.3 is 9.47 Å². The second kappa shape index (κ2) is 7.17. The average molecular weight is 213 g/mol. The monoisotopic (exact) mass is 213 g/mol. The predicted molar refractivity (Wildman–Crippen MR) is 55.4 cm³/mol. The summed E-state index contributed by atoms with van der Waals surface area (Å²) in [6.45, 7) is 3.77. The van der Waals surface area contributed by atoms with Gasteiger partial charge in [-0.3, -0.25) is 0 Å². The van der Waals surface area contributed by atoms with Gasteiger partial charge in [-0.2, -0.15) is 9.37 Å². The summed E-state index contributed by atoms with van der Waals surface area (Å²) >= 11 is 0. The third kappa shape index (κ3) is 5.32. The number of halogens is 1. The highest BCUT2D eigenvalue weighted by Gasteiger charge is 1.96. The molecule has 1 rings (SSSR count). The number of unbranched alkanes of at least 4 members (excludes halogenated alkanes) is 1. The van der Waals surface area contributed by atoms with Crippen LogP contribution in [0, 0.1) is 5.95 Å². The highest BCUT2D eigenvalue weighted by Crippen LogP contribution is 2.05. The Morgan fingerprint density at radius 3 is 2.87 bits per heavy atom. The molecule has 1 aromatic rings. The fourth-order valence-electron chi connectivity index (χ4n) is 1.02. The van der Waals surface area contributed by atoms with Crippen LogP contribution < -0.4 is 4.74 Å². The Labute approximate surface area is 89.2 Å². The first-order valence-electron chi connectivity index (χ1n) is 5.16. The van der Waals surface area contributed by atoms with Crippen molar-refractivity contribution in [2.75, 3.05) is 19.8 Å². The van der Waals surface area contributed by atoms with Gasteiger partial charge in [-0.05, 0) is 12.5 Å². The Kier molecular flexibility index (Phi) is 5.70. The fourth-order valence-corrected chi connectivity index (χ4v) is 1.02. The minimum Gasteiger partial charge on any atom is -0.475 e. The molecular weight excluding hydrogens is 197 g/mol. The van der Waals surface area contributed by atoms with Gasteiger partial charge in [-0.25, -0.2) is 0 Å². The van der Waals surface area contributed by atoms with Crippen molar-refractivity contribution >= 4 is 0 Å². The Hall–Kier alpha value is -1.16. The quantitative estimate of drug-likeness (QED) is 0.515. The van der Waals surface area contributed by atoms with Crippen LogP contribution in [-0.4, -0.2) is 24.8 Å². The van der Waals surface area contributed by atoms with E-state index in [1.54, 1.807) is 12.1 Å². The zero-order valence-corrected chi connectivity index (χ0v) is 8.91. The molecule has 0 saturated heterocycles. The molecule has 0 fully saturated rings. The van der Waals surface area contributed by atoms with Crippen LogP contribution in [-0.2, 0) is 4.74 Å². The van der Waals surface area contributed by atoms with E-state index >= 15 is 0 Å². The first kappa shape index (κ1) is 11.9. The van der Waals surface area contributed by atoms with Gasteiger partial charge in [0.1, 0.15) is 6.61 Å². The van der Waals surface area contributed by atoms with E-state index in [0.717, 1.165) is 19.4 Å². The van der Waals surface area contributed by atoms with Gasteiger partial charge in [0.15, 0.2) is 0 Å². The van der Waals surface area contributed by atoms with Crippen LogP contribution in [0.25, 0.3) is 0 Å². The Balaban J connectivity index is 2.10. The van der Waals surface area contributed by atoms with Gasteiger partial charge in [-0.15, -0.1) is 0 Å². The number of aromatic nitrogens is 1. The molecule has 0 spiro atoms. The minimum absolute atomic E-state index is 0.300. The second-order valence-corrected chi connectivity index (χ2v) is 3.11. The number of pyridine rings is 1. The van der Waals surface area contributed by atoms with Gasteiger partial charge in [-0.1, -0.05) is 19.4 Å². The van der Waals surface area contributed by atoms with E-state index in [4.69, 9.17) is 9.47 Å². The topological polar surface area (TPSA) is 31.4 Å². The lowest BCUT2D eigenvalue weighted by Crippen LogP contribution is -2.08. The second-order valence-electron chi connectivity index (χ2n) is 3.11. The van der Waals surface area contributed by atoms with Crippen molar-refractivity contribution in [2.45, 2.75) is 19.8 Å². The summed E-state index contributed by atoms with van der Waals surface area (Å²) in [5.74, 6) is -0.228. The Morgan fingerprint density at radius 1 is 1.27 bits per heavy atom. The van der Waals surface area contributed by atoms with Crippen LogP contribution in [0.2, 0.25) is 0 Å². The number of hydrogen-bond acceptors (Lipinski definition) is 3. The summed E-state index contributed by atoms with van der Waals surface area (Å²) in [4.78, 5) is 3.56. The maximum absolute atomic E-state index is 12.6. The lowest BCUT2D eigenvalue weighted by Gasteiger charge is -2.05. The molecule has 0 atom stereocenters. The molecule has 0 saturated carbocycles. The molecule has 0 radical (unpaired) electrons. The summed E-state index contributed by atoms with van der Waals surface area (Å²) in [7, 11) is 0. The van der Waals surface area contributed by atoms with E-state index in [1.165, 1.54) is 6.07 Å². The summed E-state index contributed by atoms with van der Waals surface area (Å²) in [6, 6.07) is 4.47. The van der Waals surface area contributed by atoms with Crippen LogP contribution in [0.5, 0.6) is 5.88 Å². The van der Waals surface area contributed by atoms with Crippen molar-refractivity contribution in [3.8, 4) is 5.88 Å².